The predicted molar refractivity (Wildman–Crippen MR) is 109 cm³/mol. The number of amides is 3. The van der Waals surface area contributed by atoms with Crippen molar-refractivity contribution in [2.45, 2.75) is 19.8 Å². The third kappa shape index (κ3) is 5.70. The lowest BCUT2D eigenvalue weighted by Gasteiger charge is -2.10. The molecule has 26 heavy (non-hydrogen) atoms. The number of hydrogen-bond donors (Lipinski definition) is 3. The minimum atomic E-state index is -0.456. The molecule has 0 saturated heterocycles. The number of carbonyl (C=O) groups is 3. The largest absolute Gasteiger partial charge is 0.326 e. The molecule has 0 spiro atoms. The summed E-state index contributed by atoms with van der Waals surface area (Å²) in [5.41, 5.74) is 6.47. The van der Waals surface area contributed by atoms with Crippen LogP contribution in [-0.2, 0) is 9.59 Å². The first-order valence-corrected chi connectivity index (χ1v) is 9.23. The topological polar surface area (TPSA) is 87.3 Å². The minimum Gasteiger partial charge on any atom is -0.326 e. The fourth-order valence-electron chi connectivity index (χ4n) is 2.08. The van der Waals surface area contributed by atoms with E-state index in [0.29, 0.717) is 16.3 Å². The summed E-state index contributed by atoms with van der Waals surface area (Å²) in [7, 11) is 0. The Balaban J connectivity index is 1.78. The highest BCUT2D eigenvalue weighted by Crippen LogP contribution is 2.23. The summed E-state index contributed by atoms with van der Waals surface area (Å²) in [6.45, 7) is 1.80. The van der Waals surface area contributed by atoms with E-state index in [1.165, 1.54) is 0 Å². The Morgan fingerprint density at radius 2 is 1.65 bits per heavy atom. The van der Waals surface area contributed by atoms with E-state index in [0.717, 1.165) is 9.13 Å². The van der Waals surface area contributed by atoms with E-state index in [9.17, 15) is 14.4 Å². The molecule has 0 bridgehead atoms. The van der Waals surface area contributed by atoms with Gasteiger partial charge in [-0.05, 0) is 59.3 Å². The van der Waals surface area contributed by atoms with Gasteiger partial charge in [0.15, 0.2) is 0 Å². The van der Waals surface area contributed by atoms with E-state index in [1.54, 1.807) is 43.3 Å². The maximum Gasteiger partial charge on any atom is 0.270 e. The molecular formula is C18H17ClIN3O3. The van der Waals surface area contributed by atoms with Crippen LogP contribution in [0.1, 0.15) is 28.8 Å². The number of anilines is 1. The predicted octanol–water partition coefficient (Wildman–Crippen LogP) is 3.43. The molecular weight excluding hydrogens is 469 g/mol. The Kier molecular flexibility index (Phi) is 7.40. The van der Waals surface area contributed by atoms with Crippen molar-refractivity contribution in [2.24, 2.45) is 0 Å². The Morgan fingerprint density at radius 1 is 0.962 bits per heavy atom. The van der Waals surface area contributed by atoms with Crippen molar-refractivity contribution in [3.05, 3.63) is 62.2 Å². The lowest BCUT2D eigenvalue weighted by Crippen LogP contribution is -2.42. The van der Waals surface area contributed by atoms with Gasteiger partial charge in [0, 0.05) is 27.1 Å². The van der Waals surface area contributed by atoms with Gasteiger partial charge in [0.25, 0.3) is 5.91 Å². The Morgan fingerprint density at radius 3 is 2.38 bits per heavy atom. The number of hydrazine groups is 1. The van der Waals surface area contributed by atoms with Crippen LogP contribution in [0, 0.1) is 10.5 Å². The number of carbonyl (C=O) groups excluding carboxylic acids is 3. The molecule has 136 valence electrons. The van der Waals surface area contributed by atoms with Gasteiger partial charge in [-0.3, -0.25) is 25.2 Å². The molecule has 0 aliphatic heterocycles. The van der Waals surface area contributed by atoms with Crippen molar-refractivity contribution in [2.75, 3.05) is 5.32 Å². The van der Waals surface area contributed by atoms with Crippen LogP contribution in [0.2, 0.25) is 5.02 Å². The Bertz CT molecular complexity index is 842. The zero-order valence-corrected chi connectivity index (χ0v) is 16.8. The molecule has 2 aromatic carbocycles. The second-order valence-corrected chi connectivity index (χ2v) is 7.01. The van der Waals surface area contributed by atoms with Crippen LogP contribution < -0.4 is 16.2 Å². The molecule has 0 aliphatic rings. The minimum absolute atomic E-state index is 0.0173. The second kappa shape index (κ2) is 9.54. The van der Waals surface area contributed by atoms with E-state index in [1.807, 2.05) is 28.7 Å². The standard InChI is InChI=1S/C18H17ClIN3O3/c1-11-13(19)6-4-8-15(11)21-16(24)9-10-17(25)22-23-18(26)12-5-2-3-7-14(12)20/h2-8H,9-10H2,1H3,(H,21,24)(H,22,25)(H,23,26). The number of hydrogen-bond acceptors (Lipinski definition) is 3. The third-order valence-electron chi connectivity index (χ3n) is 3.55. The van der Waals surface area contributed by atoms with Crippen molar-refractivity contribution in [1.29, 1.82) is 0 Å². The first kappa shape index (κ1) is 20.2. The van der Waals surface area contributed by atoms with E-state index in [2.05, 4.69) is 16.2 Å². The van der Waals surface area contributed by atoms with Crippen LogP contribution in [0.5, 0.6) is 0 Å². The molecule has 2 rings (SSSR count). The van der Waals surface area contributed by atoms with Crippen LogP contribution in [-0.4, -0.2) is 17.7 Å². The zero-order chi connectivity index (χ0) is 19.1. The Labute approximate surface area is 169 Å². The Hall–Kier alpha value is -2.13. The monoisotopic (exact) mass is 485 g/mol. The van der Waals surface area contributed by atoms with Crippen molar-refractivity contribution in [3.63, 3.8) is 0 Å². The van der Waals surface area contributed by atoms with Crippen LogP contribution in [0.3, 0.4) is 0 Å². The molecule has 0 heterocycles. The first-order valence-electron chi connectivity index (χ1n) is 7.77. The van der Waals surface area contributed by atoms with E-state index >= 15 is 0 Å². The fourth-order valence-corrected chi connectivity index (χ4v) is 2.89. The van der Waals surface area contributed by atoms with Crippen molar-refractivity contribution < 1.29 is 14.4 Å². The molecule has 0 unspecified atom stereocenters. The van der Waals surface area contributed by atoms with Crippen LogP contribution >= 0.6 is 34.2 Å². The maximum atomic E-state index is 12.0. The average Bonchev–Trinajstić information content (AvgIpc) is 2.62. The zero-order valence-electron chi connectivity index (χ0n) is 13.9. The molecule has 3 amide bonds. The van der Waals surface area contributed by atoms with Crippen molar-refractivity contribution in [1.82, 2.24) is 10.9 Å². The van der Waals surface area contributed by atoms with Gasteiger partial charge in [0.05, 0.1) is 5.56 Å². The molecule has 8 heteroatoms. The maximum absolute atomic E-state index is 12.0. The smallest absolute Gasteiger partial charge is 0.270 e. The fraction of sp³-hybridized carbons (Fsp3) is 0.167. The number of rotatable bonds is 5. The highest BCUT2D eigenvalue weighted by molar-refractivity contribution is 14.1. The molecule has 0 radical (unpaired) electrons. The van der Waals surface area contributed by atoms with Crippen LogP contribution in [0.15, 0.2) is 42.5 Å². The normalized spacial score (nSPS) is 10.1. The van der Waals surface area contributed by atoms with Gasteiger partial charge in [-0.15, -0.1) is 0 Å². The van der Waals surface area contributed by atoms with E-state index in [-0.39, 0.29) is 18.7 Å². The highest BCUT2D eigenvalue weighted by atomic mass is 127. The van der Waals surface area contributed by atoms with Gasteiger partial charge in [0.1, 0.15) is 0 Å². The van der Waals surface area contributed by atoms with Crippen LogP contribution in [0.25, 0.3) is 0 Å². The summed E-state index contributed by atoms with van der Waals surface area (Å²) in [5, 5.41) is 3.27. The molecule has 0 saturated carbocycles. The summed E-state index contributed by atoms with van der Waals surface area (Å²) >= 11 is 8.04. The van der Waals surface area contributed by atoms with Gasteiger partial charge >= 0.3 is 0 Å². The molecule has 0 atom stereocenters. The second-order valence-electron chi connectivity index (χ2n) is 5.44. The number of halogens is 2. The summed E-state index contributed by atoms with van der Waals surface area (Å²) in [5.74, 6) is -1.18. The first-order chi connectivity index (χ1) is 12.4. The third-order valence-corrected chi connectivity index (χ3v) is 4.90. The van der Waals surface area contributed by atoms with Gasteiger partial charge in [0.2, 0.25) is 11.8 Å². The average molecular weight is 486 g/mol. The van der Waals surface area contributed by atoms with Gasteiger partial charge in [-0.1, -0.05) is 29.8 Å². The van der Waals surface area contributed by atoms with Crippen molar-refractivity contribution in [3.8, 4) is 0 Å². The van der Waals surface area contributed by atoms with Gasteiger partial charge < -0.3 is 5.32 Å². The molecule has 0 aromatic heterocycles. The summed E-state index contributed by atoms with van der Waals surface area (Å²) < 4.78 is 0.771. The van der Waals surface area contributed by atoms with Gasteiger partial charge in [-0.25, -0.2) is 0 Å². The highest BCUT2D eigenvalue weighted by Gasteiger charge is 2.12. The van der Waals surface area contributed by atoms with Crippen LogP contribution in [0.4, 0.5) is 5.69 Å². The van der Waals surface area contributed by atoms with Crippen molar-refractivity contribution >= 4 is 57.6 Å². The molecule has 3 N–H and O–H groups in total. The van der Waals surface area contributed by atoms with Gasteiger partial charge in [-0.2, -0.15) is 0 Å². The summed E-state index contributed by atoms with van der Waals surface area (Å²) in [4.78, 5) is 35.8. The molecule has 0 aliphatic carbocycles. The number of benzene rings is 2. The number of nitrogens with one attached hydrogen (secondary N) is 3. The lowest BCUT2D eigenvalue weighted by molar-refractivity contribution is -0.124. The van der Waals surface area contributed by atoms with E-state index in [4.69, 9.17) is 11.6 Å². The quantitative estimate of drug-likeness (QED) is 0.448. The lowest BCUT2D eigenvalue weighted by atomic mass is 10.2. The molecule has 2 aromatic rings. The summed E-state index contributed by atoms with van der Waals surface area (Å²) in [6, 6.07) is 12.2. The van der Waals surface area contributed by atoms with E-state index < -0.39 is 11.8 Å². The summed E-state index contributed by atoms with van der Waals surface area (Å²) in [6.07, 6.45) is -0.0753. The molecule has 6 nitrogen and oxygen atoms in total. The SMILES string of the molecule is Cc1c(Cl)cccc1NC(=O)CCC(=O)NNC(=O)c1ccccc1I. The molecule has 0 fully saturated rings.